The molecule has 6 nitrogen and oxygen atoms in total. The van der Waals surface area contributed by atoms with Crippen LogP contribution in [0.3, 0.4) is 0 Å². The molecule has 2 aromatic rings. The van der Waals surface area contributed by atoms with Gasteiger partial charge in [-0.2, -0.15) is 0 Å². The quantitative estimate of drug-likeness (QED) is 0.673. The molecule has 7 heteroatoms. The number of hydrogen-bond acceptors (Lipinski definition) is 3. The number of carbonyl (C=O) groups is 2. The first-order valence-corrected chi connectivity index (χ1v) is 9.44. The van der Waals surface area contributed by atoms with Gasteiger partial charge in [-0.3, -0.25) is 4.79 Å². The number of carbonyl (C=O) groups excluding carboxylic acids is 2. The number of nitrogens with one attached hydrogen (secondary N) is 3. The van der Waals surface area contributed by atoms with Crippen LogP contribution in [0.5, 0.6) is 5.75 Å². The molecule has 0 radical (unpaired) electrons. The molecule has 3 rings (SSSR count). The van der Waals surface area contributed by atoms with Crippen LogP contribution in [0.2, 0.25) is 5.02 Å². The van der Waals surface area contributed by atoms with Crippen molar-refractivity contribution >= 4 is 29.2 Å². The molecule has 146 valence electrons. The lowest BCUT2D eigenvalue weighted by molar-refractivity contribution is -0.113. The Labute approximate surface area is 168 Å². The largest absolute Gasteiger partial charge is 0.493 e. The van der Waals surface area contributed by atoms with Gasteiger partial charge in [0.2, 0.25) is 0 Å². The van der Waals surface area contributed by atoms with Crippen LogP contribution in [0.15, 0.2) is 59.8 Å². The Morgan fingerprint density at radius 1 is 1.21 bits per heavy atom. The molecule has 28 heavy (non-hydrogen) atoms. The van der Waals surface area contributed by atoms with E-state index in [9.17, 15) is 9.59 Å². The van der Waals surface area contributed by atoms with Crippen molar-refractivity contribution in [2.24, 2.45) is 0 Å². The van der Waals surface area contributed by atoms with E-state index >= 15 is 0 Å². The van der Waals surface area contributed by atoms with Crippen LogP contribution in [0, 0.1) is 0 Å². The highest BCUT2D eigenvalue weighted by Crippen LogP contribution is 2.33. The highest BCUT2D eigenvalue weighted by Gasteiger charge is 2.33. The van der Waals surface area contributed by atoms with Gasteiger partial charge in [-0.05, 0) is 37.6 Å². The fraction of sp³-hybridized carbons (Fsp3) is 0.238. The maximum Gasteiger partial charge on any atom is 0.319 e. The van der Waals surface area contributed by atoms with Crippen molar-refractivity contribution in [3.8, 4) is 5.75 Å². The summed E-state index contributed by atoms with van der Waals surface area (Å²) in [5.74, 6) is 0.306. The predicted molar refractivity (Wildman–Crippen MR) is 109 cm³/mol. The molecular weight excluding hydrogens is 378 g/mol. The molecule has 1 heterocycles. The zero-order valence-corrected chi connectivity index (χ0v) is 16.5. The maximum absolute atomic E-state index is 13.1. The van der Waals surface area contributed by atoms with Crippen LogP contribution in [-0.4, -0.2) is 18.5 Å². The molecule has 0 unspecified atom stereocenters. The molecule has 3 amide bonds. The molecule has 0 spiro atoms. The number of benzene rings is 2. The standard InChI is InChI=1S/C21H22ClN3O3/c1-3-11-28-17-10-5-4-9-16(17)19-18(13(2)23-21(27)25-19)20(26)24-15-8-6-7-14(22)12-15/h4-10,12,19H,3,11H2,1-2H3,(H,24,26)(H2,23,25,27)/t19-/m1/s1. The summed E-state index contributed by atoms with van der Waals surface area (Å²) in [6.45, 7) is 4.26. The summed E-state index contributed by atoms with van der Waals surface area (Å²) in [6.07, 6.45) is 0.851. The zero-order chi connectivity index (χ0) is 20.1. The van der Waals surface area contributed by atoms with E-state index in [1.54, 1.807) is 31.2 Å². The van der Waals surface area contributed by atoms with Crippen molar-refractivity contribution in [2.45, 2.75) is 26.3 Å². The Balaban J connectivity index is 1.96. The average molecular weight is 400 g/mol. The SMILES string of the molecule is CCCOc1ccccc1[C@H]1NC(=O)NC(C)=C1C(=O)Nc1cccc(Cl)c1. The first-order valence-electron chi connectivity index (χ1n) is 9.06. The predicted octanol–water partition coefficient (Wildman–Crippen LogP) is 4.40. The van der Waals surface area contributed by atoms with Gasteiger partial charge < -0.3 is 20.7 Å². The fourth-order valence-electron chi connectivity index (χ4n) is 3.06. The lowest BCUT2D eigenvalue weighted by Gasteiger charge is -2.29. The van der Waals surface area contributed by atoms with E-state index in [1.165, 1.54) is 0 Å². The number of urea groups is 1. The zero-order valence-electron chi connectivity index (χ0n) is 15.7. The number of rotatable bonds is 6. The van der Waals surface area contributed by atoms with E-state index in [4.69, 9.17) is 16.3 Å². The minimum atomic E-state index is -0.638. The Bertz CT molecular complexity index is 927. The van der Waals surface area contributed by atoms with Crippen molar-refractivity contribution < 1.29 is 14.3 Å². The Morgan fingerprint density at radius 2 is 2.00 bits per heavy atom. The second kappa shape index (κ2) is 8.80. The summed E-state index contributed by atoms with van der Waals surface area (Å²) in [5.41, 5.74) is 2.19. The van der Waals surface area contributed by atoms with Gasteiger partial charge in [0.15, 0.2) is 0 Å². The molecule has 0 fully saturated rings. The van der Waals surface area contributed by atoms with Gasteiger partial charge in [-0.15, -0.1) is 0 Å². The molecule has 1 aliphatic heterocycles. The molecule has 1 atom stereocenters. The summed E-state index contributed by atoms with van der Waals surface area (Å²) in [6, 6.07) is 13.3. The lowest BCUT2D eigenvalue weighted by Crippen LogP contribution is -2.46. The molecule has 0 aliphatic carbocycles. The van der Waals surface area contributed by atoms with Gasteiger partial charge in [0.25, 0.3) is 5.91 Å². The molecule has 2 aromatic carbocycles. The average Bonchev–Trinajstić information content (AvgIpc) is 2.66. The molecule has 1 aliphatic rings. The second-order valence-electron chi connectivity index (χ2n) is 6.42. The summed E-state index contributed by atoms with van der Waals surface area (Å²) in [4.78, 5) is 25.2. The van der Waals surface area contributed by atoms with Crippen LogP contribution in [0.1, 0.15) is 31.9 Å². The molecule has 0 aromatic heterocycles. The highest BCUT2D eigenvalue weighted by atomic mass is 35.5. The molecule has 0 saturated carbocycles. The van der Waals surface area contributed by atoms with Gasteiger partial charge >= 0.3 is 6.03 Å². The lowest BCUT2D eigenvalue weighted by atomic mass is 9.94. The number of ether oxygens (including phenoxy) is 1. The van der Waals surface area contributed by atoms with Gasteiger partial charge in [0, 0.05) is 22.0 Å². The van der Waals surface area contributed by atoms with E-state index in [0.29, 0.717) is 34.3 Å². The summed E-state index contributed by atoms with van der Waals surface area (Å²) in [7, 11) is 0. The monoisotopic (exact) mass is 399 g/mol. The first kappa shape index (κ1) is 19.8. The summed E-state index contributed by atoms with van der Waals surface area (Å²) < 4.78 is 5.83. The molecular formula is C21H22ClN3O3. The minimum Gasteiger partial charge on any atom is -0.493 e. The highest BCUT2D eigenvalue weighted by molar-refractivity contribution is 6.31. The Morgan fingerprint density at radius 3 is 2.75 bits per heavy atom. The fourth-order valence-corrected chi connectivity index (χ4v) is 3.25. The third-order valence-corrected chi connectivity index (χ3v) is 4.52. The Kier molecular flexibility index (Phi) is 6.21. The van der Waals surface area contributed by atoms with Gasteiger partial charge in [0.05, 0.1) is 18.2 Å². The van der Waals surface area contributed by atoms with Crippen molar-refractivity contribution in [1.82, 2.24) is 10.6 Å². The van der Waals surface area contributed by atoms with Gasteiger partial charge in [0.1, 0.15) is 5.75 Å². The van der Waals surface area contributed by atoms with Crippen molar-refractivity contribution in [3.63, 3.8) is 0 Å². The van der Waals surface area contributed by atoms with Gasteiger partial charge in [-0.25, -0.2) is 4.79 Å². The third-order valence-electron chi connectivity index (χ3n) is 4.29. The van der Waals surface area contributed by atoms with Gasteiger partial charge in [-0.1, -0.05) is 42.8 Å². The van der Waals surface area contributed by atoms with E-state index < -0.39 is 6.04 Å². The molecule has 3 N–H and O–H groups in total. The van der Waals surface area contributed by atoms with E-state index in [2.05, 4.69) is 16.0 Å². The van der Waals surface area contributed by atoms with Crippen LogP contribution >= 0.6 is 11.6 Å². The van der Waals surface area contributed by atoms with E-state index in [1.807, 2.05) is 31.2 Å². The maximum atomic E-state index is 13.1. The van der Waals surface area contributed by atoms with Crippen LogP contribution in [0.25, 0.3) is 0 Å². The number of amides is 3. The summed E-state index contributed by atoms with van der Waals surface area (Å²) in [5, 5.41) is 8.87. The van der Waals surface area contributed by atoms with E-state index in [-0.39, 0.29) is 11.9 Å². The number of anilines is 1. The number of allylic oxidation sites excluding steroid dienone is 1. The van der Waals surface area contributed by atoms with Crippen molar-refractivity contribution in [2.75, 3.05) is 11.9 Å². The van der Waals surface area contributed by atoms with E-state index in [0.717, 1.165) is 12.0 Å². The van der Waals surface area contributed by atoms with Crippen LogP contribution < -0.4 is 20.7 Å². The van der Waals surface area contributed by atoms with Crippen LogP contribution in [0.4, 0.5) is 10.5 Å². The summed E-state index contributed by atoms with van der Waals surface area (Å²) >= 11 is 6.01. The molecule has 0 saturated heterocycles. The smallest absolute Gasteiger partial charge is 0.319 e. The van der Waals surface area contributed by atoms with Crippen molar-refractivity contribution in [1.29, 1.82) is 0 Å². The Hall–Kier alpha value is -2.99. The first-order chi connectivity index (χ1) is 13.5. The number of hydrogen-bond donors (Lipinski definition) is 3. The van der Waals surface area contributed by atoms with Crippen LogP contribution in [-0.2, 0) is 4.79 Å². The third kappa shape index (κ3) is 4.46. The minimum absolute atomic E-state index is 0.331. The molecule has 0 bridgehead atoms. The number of halogens is 1. The van der Waals surface area contributed by atoms with Crippen molar-refractivity contribution in [3.05, 3.63) is 70.4 Å². The second-order valence-corrected chi connectivity index (χ2v) is 6.86. The number of para-hydroxylation sites is 1. The topological polar surface area (TPSA) is 79.5 Å². The normalized spacial score (nSPS) is 16.2.